The third kappa shape index (κ3) is 21.1. The molecule has 2 aromatic carbocycles. The summed E-state index contributed by atoms with van der Waals surface area (Å²) in [5, 5.41) is 28.3. The van der Waals surface area contributed by atoms with Gasteiger partial charge in [-0.05, 0) is 106 Å². The number of hydroxylamine groups is 1. The number of hydrogen-bond acceptors (Lipinski definition) is 16. The molecule has 10 aromatic rings. The third-order valence-electron chi connectivity index (χ3n) is 10.4. The summed E-state index contributed by atoms with van der Waals surface area (Å²) in [7, 11) is 8.63. The van der Waals surface area contributed by atoms with Crippen molar-refractivity contribution in [2.45, 2.75) is 27.9 Å². The van der Waals surface area contributed by atoms with Crippen molar-refractivity contribution in [2.24, 2.45) is 28.2 Å². The van der Waals surface area contributed by atoms with Crippen molar-refractivity contribution in [1.82, 2.24) is 64.5 Å². The average Bonchev–Trinajstić information content (AvgIpc) is 4.38. The van der Waals surface area contributed by atoms with Gasteiger partial charge in [-0.1, -0.05) is 39.1 Å². The van der Waals surface area contributed by atoms with E-state index in [1.807, 2.05) is 80.7 Å². The van der Waals surface area contributed by atoms with E-state index >= 15 is 0 Å². The maximum absolute atomic E-state index is 13.2. The summed E-state index contributed by atoms with van der Waals surface area (Å²) in [5.41, 5.74) is 9.51. The summed E-state index contributed by atoms with van der Waals surface area (Å²) >= 11 is 3.07. The van der Waals surface area contributed by atoms with Gasteiger partial charge in [0.2, 0.25) is 0 Å². The maximum atomic E-state index is 13.2. The Kier molecular flexibility index (Phi) is 26.6. The number of hydrogen-bond donors (Lipinski definition) is 4. The topological polar surface area (TPSA) is 275 Å². The van der Waals surface area contributed by atoms with Crippen LogP contribution in [-0.4, -0.2) is 88.7 Å². The number of benzene rings is 2. The number of ether oxygens (including phenoxy) is 1. The maximum Gasteiger partial charge on any atom is 0.337 e. The summed E-state index contributed by atoms with van der Waals surface area (Å²) in [6, 6.07) is 32.8. The standard InChI is InChI=1S/C18H17FN4O2.C17H16FN5O2.C9H9FN4.C5H3BrFN.C4H7N3.2CH4.H2O/c1-22-10-9-17(21-22)23(16-8-7-15(19)11-20-16)12-13-3-5-14(6-4-13)18(24)25-2;1-22-9-8-16(20-22)23(15-7-6-14(18)10-19-15)11-12-2-4-13(5-3-12)17(24)21-25;1-14-5-4-9(13-14)12-8-3-2-7(10)6-11-8;6-5-2-1-4(7)3-8-5;1-7-3-2-4(5)6-7;;;/h3-11H,12H2,1-2H3;2-10,25H,11H2,1H3,(H,21,24);2-6H,1H3,(H,11,12,13);1-3H;2-3H,1H3,(H2,5,6);2*1H4;1H2. The number of aromatic nitrogens is 12. The Morgan fingerprint density at radius 1 is 0.537 bits per heavy atom. The second kappa shape index (κ2) is 32.9. The fourth-order valence-corrected chi connectivity index (χ4v) is 6.85. The fraction of sp³-hybridized carbons (Fsp3) is 0.164. The number of nitrogens with two attached hydrogens (primary N) is 1. The smallest absolute Gasteiger partial charge is 0.337 e. The predicted octanol–water partition coefficient (Wildman–Crippen LogP) is 9.62. The number of methoxy groups -OCH3 is 1. The minimum atomic E-state index is -0.576. The molecule has 0 aliphatic rings. The van der Waals surface area contributed by atoms with Crippen LogP contribution in [0.4, 0.5) is 58.3 Å². The van der Waals surface area contributed by atoms with Gasteiger partial charge in [0.1, 0.15) is 51.1 Å². The first kappa shape index (κ1) is 66.4. The van der Waals surface area contributed by atoms with Gasteiger partial charge in [-0.3, -0.25) is 28.7 Å². The number of carbonyl (C=O) groups is 2. The average molecular weight is 1200 g/mol. The minimum absolute atomic E-state index is 0. The van der Waals surface area contributed by atoms with Crippen LogP contribution in [0.2, 0.25) is 0 Å². The number of halogens is 5. The highest BCUT2D eigenvalue weighted by molar-refractivity contribution is 9.10. The Bertz CT molecular complexity index is 3270. The van der Waals surface area contributed by atoms with Crippen molar-refractivity contribution in [3.8, 4) is 0 Å². The van der Waals surface area contributed by atoms with Gasteiger partial charge >= 0.3 is 5.97 Å². The summed E-state index contributed by atoms with van der Waals surface area (Å²) in [5.74, 6) is 1.90. The van der Waals surface area contributed by atoms with Gasteiger partial charge in [0.15, 0.2) is 17.5 Å². The number of nitrogen functional groups attached to an aromatic ring is 1. The molecule has 0 atom stereocenters. The molecule has 432 valence electrons. The highest BCUT2D eigenvalue weighted by atomic mass is 79.9. The fourth-order valence-electron chi connectivity index (χ4n) is 6.62. The van der Waals surface area contributed by atoms with Crippen molar-refractivity contribution in [3.05, 3.63) is 221 Å². The number of nitrogens with zero attached hydrogens (tertiary/aromatic N) is 14. The van der Waals surface area contributed by atoms with Gasteiger partial charge in [0.05, 0.1) is 50.6 Å². The van der Waals surface area contributed by atoms with Crippen molar-refractivity contribution in [3.63, 3.8) is 0 Å². The normalized spacial score (nSPS) is 9.84. The Morgan fingerprint density at radius 3 is 1.29 bits per heavy atom. The molecule has 22 nitrogen and oxygen atoms in total. The van der Waals surface area contributed by atoms with E-state index in [-0.39, 0.29) is 37.9 Å². The number of anilines is 7. The second-order valence-corrected chi connectivity index (χ2v) is 17.3. The van der Waals surface area contributed by atoms with Crippen LogP contribution >= 0.6 is 15.9 Å². The Balaban J connectivity index is 0.000000288. The number of amides is 1. The van der Waals surface area contributed by atoms with Crippen LogP contribution < -0.4 is 26.3 Å². The molecule has 0 unspecified atom stereocenters. The Hall–Kier alpha value is -9.86. The van der Waals surface area contributed by atoms with E-state index in [1.54, 1.807) is 103 Å². The van der Waals surface area contributed by atoms with Crippen LogP contribution in [0.1, 0.15) is 46.7 Å². The zero-order chi connectivity index (χ0) is 56.8. The molecule has 82 heavy (non-hydrogen) atoms. The monoisotopic (exact) mass is 1200 g/mol. The van der Waals surface area contributed by atoms with Crippen LogP contribution in [0.5, 0.6) is 0 Å². The van der Waals surface area contributed by atoms with Crippen LogP contribution in [-0.2, 0) is 46.0 Å². The molecule has 0 radical (unpaired) electrons. The van der Waals surface area contributed by atoms with Crippen LogP contribution in [0.3, 0.4) is 0 Å². The number of aryl methyl sites for hydroxylation is 4. The molecule has 10 rings (SSSR count). The van der Waals surface area contributed by atoms with Crippen LogP contribution in [0, 0.1) is 23.3 Å². The molecule has 27 heteroatoms. The molecule has 0 saturated carbocycles. The number of pyridine rings is 4. The lowest BCUT2D eigenvalue weighted by Gasteiger charge is -2.21. The van der Waals surface area contributed by atoms with Crippen LogP contribution in [0.25, 0.3) is 0 Å². The number of esters is 1. The van der Waals surface area contributed by atoms with Gasteiger partial charge in [-0.15, -0.1) is 0 Å². The summed E-state index contributed by atoms with van der Waals surface area (Å²) < 4.78 is 62.9. The molecule has 0 aliphatic heterocycles. The summed E-state index contributed by atoms with van der Waals surface area (Å²) in [6.07, 6.45) is 11.9. The van der Waals surface area contributed by atoms with Gasteiger partial charge < -0.3 is 31.1 Å². The minimum Gasteiger partial charge on any atom is -0.465 e. The van der Waals surface area contributed by atoms with E-state index in [9.17, 15) is 27.2 Å². The molecule has 0 spiro atoms. The van der Waals surface area contributed by atoms with E-state index in [2.05, 4.69) is 61.6 Å². The lowest BCUT2D eigenvalue weighted by Crippen LogP contribution is -2.20. The molecular weight excluding hydrogens is 1130 g/mol. The Labute approximate surface area is 478 Å². The van der Waals surface area contributed by atoms with E-state index in [0.29, 0.717) is 69.5 Å². The van der Waals surface area contributed by atoms with Crippen molar-refractivity contribution < 1.29 is 42.6 Å². The third-order valence-corrected chi connectivity index (χ3v) is 10.9. The summed E-state index contributed by atoms with van der Waals surface area (Å²) in [6.45, 7) is 0.897. The molecule has 0 bridgehead atoms. The zero-order valence-electron chi connectivity index (χ0n) is 43.5. The molecule has 0 aliphatic carbocycles. The van der Waals surface area contributed by atoms with Crippen molar-refractivity contribution in [1.29, 1.82) is 0 Å². The second-order valence-electron chi connectivity index (χ2n) is 16.4. The first-order chi connectivity index (χ1) is 37.9. The molecule has 8 heterocycles. The van der Waals surface area contributed by atoms with E-state index in [0.717, 1.165) is 29.7 Å². The molecule has 7 N–H and O–H groups in total. The first-order valence-electron chi connectivity index (χ1n) is 23.3. The first-order valence-corrected chi connectivity index (χ1v) is 24.1. The molecule has 1 amide bonds. The van der Waals surface area contributed by atoms with Crippen LogP contribution in [0.15, 0.2) is 176 Å². The van der Waals surface area contributed by atoms with E-state index in [1.165, 1.54) is 37.6 Å². The Morgan fingerprint density at radius 2 is 0.963 bits per heavy atom. The molecular formula is C55H62BrF4N17O5. The van der Waals surface area contributed by atoms with Gasteiger partial charge in [0, 0.05) is 76.7 Å². The van der Waals surface area contributed by atoms with Gasteiger partial charge in [-0.25, -0.2) is 47.8 Å². The van der Waals surface area contributed by atoms with Crippen molar-refractivity contribution in [2.75, 3.05) is 28.0 Å². The predicted molar refractivity (Wildman–Crippen MR) is 307 cm³/mol. The largest absolute Gasteiger partial charge is 0.465 e. The molecule has 0 saturated heterocycles. The van der Waals surface area contributed by atoms with Gasteiger partial charge in [-0.2, -0.15) is 20.4 Å². The lowest BCUT2D eigenvalue weighted by molar-refractivity contribution is 0.0600. The number of rotatable bonds is 12. The molecule has 0 fully saturated rings. The van der Waals surface area contributed by atoms with Gasteiger partial charge in [0.25, 0.3) is 5.91 Å². The quantitative estimate of drug-likeness (QED) is 0.0291. The van der Waals surface area contributed by atoms with E-state index < -0.39 is 17.5 Å². The highest BCUT2D eigenvalue weighted by Gasteiger charge is 2.17. The SMILES string of the molecule is C.C.COC(=O)c1ccc(CN(c2ccc(F)cn2)c2ccn(C)n2)cc1.Cn1ccc(N(Cc2ccc(C(=O)NO)cc2)c2ccc(F)cn2)n1.Cn1ccc(N)n1.Cn1ccc(Nc2ccc(F)cn2)n1.Fc1ccc(Br)nc1.O. The molecule has 8 aromatic heterocycles. The zero-order valence-corrected chi connectivity index (χ0v) is 45.1. The highest BCUT2D eigenvalue weighted by Crippen LogP contribution is 2.26. The van der Waals surface area contributed by atoms with E-state index in [4.69, 9.17) is 15.7 Å². The lowest BCUT2D eigenvalue weighted by atomic mass is 10.1. The van der Waals surface area contributed by atoms with Crippen molar-refractivity contribution >= 4 is 68.5 Å². The summed E-state index contributed by atoms with van der Waals surface area (Å²) in [4.78, 5) is 42.4. The number of nitrogens with one attached hydrogen (secondary N) is 2. The number of carbonyl (C=O) groups excluding carboxylic acids is 2.